The lowest BCUT2D eigenvalue weighted by atomic mass is 9.75. The van der Waals surface area contributed by atoms with Gasteiger partial charge in [0.1, 0.15) is 0 Å². The molecule has 110 valence electrons. The van der Waals surface area contributed by atoms with Crippen LogP contribution in [0.4, 0.5) is 0 Å². The SMILES string of the molecule is CCC1(C(=O)N2CCC(N(C)C)CC2)CCNCC1. The molecule has 2 rings (SSSR count). The summed E-state index contributed by atoms with van der Waals surface area (Å²) in [5.41, 5.74) is -0.0732. The molecule has 1 amide bonds. The molecule has 0 aromatic rings. The highest BCUT2D eigenvalue weighted by molar-refractivity contribution is 5.83. The lowest BCUT2D eigenvalue weighted by Gasteiger charge is -2.42. The largest absolute Gasteiger partial charge is 0.342 e. The minimum Gasteiger partial charge on any atom is -0.342 e. The average molecular weight is 267 g/mol. The number of likely N-dealkylation sites (tertiary alicyclic amines) is 1. The summed E-state index contributed by atoms with van der Waals surface area (Å²) in [6.07, 6.45) is 5.25. The molecule has 19 heavy (non-hydrogen) atoms. The van der Waals surface area contributed by atoms with Crippen molar-refractivity contribution in [3.05, 3.63) is 0 Å². The highest BCUT2D eigenvalue weighted by Crippen LogP contribution is 2.35. The highest BCUT2D eigenvalue weighted by atomic mass is 16.2. The molecule has 0 aliphatic carbocycles. The van der Waals surface area contributed by atoms with Crippen LogP contribution in [0.1, 0.15) is 39.0 Å². The van der Waals surface area contributed by atoms with Crippen molar-refractivity contribution in [3.63, 3.8) is 0 Å². The normalized spacial score (nSPS) is 24.7. The van der Waals surface area contributed by atoms with Gasteiger partial charge in [0.05, 0.1) is 5.41 Å². The number of hydrogen-bond acceptors (Lipinski definition) is 3. The number of hydrogen-bond donors (Lipinski definition) is 1. The van der Waals surface area contributed by atoms with Gasteiger partial charge in [-0.15, -0.1) is 0 Å². The fourth-order valence-corrected chi connectivity index (χ4v) is 3.54. The Morgan fingerprint density at radius 1 is 1.26 bits per heavy atom. The average Bonchev–Trinajstić information content (AvgIpc) is 2.47. The predicted octanol–water partition coefficient (Wildman–Crippen LogP) is 1.32. The van der Waals surface area contributed by atoms with E-state index in [1.807, 2.05) is 0 Å². The van der Waals surface area contributed by atoms with Crippen LogP contribution < -0.4 is 5.32 Å². The van der Waals surface area contributed by atoms with Crippen LogP contribution in [0, 0.1) is 5.41 Å². The molecule has 2 heterocycles. The van der Waals surface area contributed by atoms with Crippen molar-refractivity contribution in [2.75, 3.05) is 40.3 Å². The van der Waals surface area contributed by atoms with Crippen molar-refractivity contribution in [2.45, 2.75) is 45.1 Å². The first-order valence-electron chi connectivity index (χ1n) is 7.75. The Labute approximate surface area is 117 Å². The lowest BCUT2D eigenvalue weighted by Crippen LogP contribution is -2.52. The van der Waals surface area contributed by atoms with E-state index >= 15 is 0 Å². The van der Waals surface area contributed by atoms with Gasteiger partial charge in [-0.25, -0.2) is 0 Å². The zero-order valence-electron chi connectivity index (χ0n) is 12.7. The number of nitrogens with zero attached hydrogens (tertiary/aromatic N) is 2. The number of carbonyl (C=O) groups excluding carboxylic acids is 1. The fraction of sp³-hybridized carbons (Fsp3) is 0.933. The summed E-state index contributed by atoms with van der Waals surface area (Å²) < 4.78 is 0. The molecule has 0 unspecified atom stereocenters. The smallest absolute Gasteiger partial charge is 0.228 e. The van der Waals surface area contributed by atoms with E-state index in [0.717, 1.165) is 58.3 Å². The van der Waals surface area contributed by atoms with Gasteiger partial charge in [-0.3, -0.25) is 4.79 Å². The van der Waals surface area contributed by atoms with E-state index in [-0.39, 0.29) is 5.41 Å². The minimum atomic E-state index is -0.0732. The third kappa shape index (κ3) is 3.11. The zero-order chi connectivity index (χ0) is 13.9. The number of amides is 1. The Kier molecular flexibility index (Phi) is 4.85. The van der Waals surface area contributed by atoms with E-state index in [1.54, 1.807) is 0 Å². The van der Waals surface area contributed by atoms with Gasteiger partial charge in [-0.2, -0.15) is 0 Å². The van der Waals surface area contributed by atoms with Crippen LogP contribution in [0.5, 0.6) is 0 Å². The Hall–Kier alpha value is -0.610. The molecule has 2 aliphatic heterocycles. The highest BCUT2D eigenvalue weighted by Gasteiger charge is 2.41. The molecule has 4 nitrogen and oxygen atoms in total. The standard InChI is InChI=1S/C15H29N3O/c1-4-15(7-9-16-10-8-15)14(19)18-11-5-13(6-12-18)17(2)3/h13,16H,4-12H2,1-3H3. The number of carbonyl (C=O) groups is 1. The van der Waals surface area contributed by atoms with Gasteiger partial charge >= 0.3 is 0 Å². The monoisotopic (exact) mass is 267 g/mol. The summed E-state index contributed by atoms with van der Waals surface area (Å²) >= 11 is 0. The maximum absolute atomic E-state index is 12.9. The van der Waals surface area contributed by atoms with Crippen LogP contribution in [0.25, 0.3) is 0 Å². The van der Waals surface area contributed by atoms with E-state index in [0.29, 0.717) is 11.9 Å². The Morgan fingerprint density at radius 2 is 1.84 bits per heavy atom. The molecule has 2 fully saturated rings. The fourth-order valence-electron chi connectivity index (χ4n) is 3.54. The summed E-state index contributed by atoms with van der Waals surface area (Å²) in [7, 11) is 4.28. The molecule has 0 bridgehead atoms. The maximum atomic E-state index is 12.9. The van der Waals surface area contributed by atoms with Crippen molar-refractivity contribution in [2.24, 2.45) is 5.41 Å². The maximum Gasteiger partial charge on any atom is 0.228 e. The van der Waals surface area contributed by atoms with E-state index < -0.39 is 0 Å². The van der Waals surface area contributed by atoms with Crippen molar-refractivity contribution in [1.29, 1.82) is 0 Å². The van der Waals surface area contributed by atoms with Gasteiger partial charge in [-0.05, 0) is 59.3 Å². The molecule has 0 aromatic heterocycles. The summed E-state index contributed by atoms with van der Waals surface area (Å²) in [6.45, 7) is 6.05. The van der Waals surface area contributed by atoms with Gasteiger partial charge in [0.15, 0.2) is 0 Å². The van der Waals surface area contributed by atoms with Crippen LogP contribution in [0.2, 0.25) is 0 Å². The molecule has 0 aromatic carbocycles. The molecule has 0 saturated carbocycles. The molecule has 0 spiro atoms. The first kappa shape index (κ1) is 14.8. The van der Waals surface area contributed by atoms with Crippen molar-refractivity contribution < 1.29 is 4.79 Å². The summed E-state index contributed by atoms with van der Waals surface area (Å²) in [6, 6.07) is 0.648. The van der Waals surface area contributed by atoms with E-state index in [2.05, 4.69) is 36.1 Å². The summed E-state index contributed by atoms with van der Waals surface area (Å²) in [5, 5.41) is 3.38. The zero-order valence-corrected chi connectivity index (χ0v) is 12.7. The molecule has 1 N–H and O–H groups in total. The first-order chi connectivity index (χ1) is 9.09. The number of nitrogens with one attached hydrogen (secondary N) is 1. The van der Waals surface area contributed by atoms with Crippen molar-refractivity contribution >= 4 is 5.91 Å². The Bertz CT molecular complexity index is 303. The van der Waals surface area contributed by atoms with Crippen molar-refractivity contribution in [3.8, 4) is 0 Å². The molecule has 0 atom stereocenters. The molecule has 2 aliphatic rings. The van der Waals surface area contributed by atoms with Crippen LogP contribution in [-0.2, 0) is 4.79 Å². The van der Waals surface area contributed by atoms with Gasteiger partial charge in [0.25, 0.3) is 0 Å². The quantitative estimate of drug-likeness (QED) is 0.838. The second kappa shape index (κ2) is 6.23. The van der Waals surface area contributed by atoms with Gasteiger partial charge < -0.3 is 15.1 Å². The van der Waals surface area contributed by atoms with E-state index in [4.69, 9.17) is 0 Å². The van der Waals surface area contributed by atoms with E-state index in [9.17, 15) is 4.79 Å². The Balaban J connectivity index is 1.96. The second-order valence-corrected chi connectivity index (χ2v) is 6.37. The first-order valence-corrected chi connectivity index (χ1v) is 7.75. The third-order valence-corrected chi connectivity index (χ3v) is 5.17. The third-order valence-electron chi connectivity index (χ3n) is 5.17. The number of rotatable bonds is 3. The molecule has 2 saturated heterocycles. The second-order valence-electron chi connectivity index (χ2n) is 6.37. The van der Waals surface area contributed by atoms with Crippen LogP contribution in [0.3, 0.4) is 0 Å². The molecular weight excluding hydrogens is 238 g/mol. The summed E-state index contributed by atoms with van der Waals surface area (Å²) in [4.78, 5) is 17.3. The van der Waals surface area contributed by atoms with Crippen LogP contribution in [-0.4, -0.2) is 62.0 Å². The van der Waals surface area contributed by atoms with Gasteiger partial charge in [-0.1, -0.05) is 6.92 Å². The molecular formula is C15H29N3O. The lowest BCUT2D eigenvalue weighted by molar-refractivity contribution is -0.145. The summed E-state index contributed by atoms with van der Waals surface area (Å²) in [5.74, 6) is 0.425. The minimum absolute atomic E-state index is 0.0732. The number of piperidine rings is 2. The van der Waals surface area contributed by atoms with Crippen molar-refractivity contribution in [1.82, 2.24) is 15.1 Å². The predicted molar refractivity (Wildman–Crippen MR) is 78.1 cm³/mol. The Morgan fingerprint density at radius 3 is 2.32 bits per heavy atom. The molecule has 4 heteroatoms. The molecule has 0 radical (unpaired) electrons. The van der Waals surface area contributed by atoms with Crippen LogP contribution in [0.15, 0.2) is 0 Å². The van der Waals surface area contributed by atoms with Gasteiger partial charge in [0.2, 0.25) is 5.91 Å². The van der Waals surface area contributed by atoms with Crippen LogP contribution >= 0.6 is 0 Å². The van der Waals surface area contributed by atoms with Gasteiger partial charge in [0, 0.05) is 19.1 Å². The van der Waals surface area contributed by atoms with E-state index in [1.165, 1.54) is 0 Å². The topological polar surface area (TPSA) is 35.6 Å².